The molecule has 0 aromatic heterocycles. The van der Waals surface area contributed by atoms with Gasteiger partial charge in [-0.05, 0) is 82.9 Å². The summed E-state index contributed by atoms with van der Waals surface area (Å²) in [5.41, 5.74) is -1.15. The number of hydrogen-bond acceptors (Lipinski definition) is 14. The quantitative estimate of drug-likeness (QED) is 0.120. The number of hydrogen-bond donors (Lipinski definition) is 3. The Kier molecular flexibility index (Phi) is 17.2. The molecule has 0 spiro atoms. The minimum absolute atomic E-state index is 0.00622. The number of halogens is 1. The molecule has 3 saturated heterocycles. The number of amides is 5. The molecule has 0 radical (unpaired) electrons. The van der Waals surface area contributed by atoms with Crippen LogP contribution >= 0.6 is 23.4 Å². The van der Waals surface area contributed by atoms with Gasteiger partial charge in [-0.3, -0.25) is 34.2 Å². The van der Waals surface area contributed by atoms with E-state index in [1.807, 2.05) is 26.8 Å². The summed E-state index contributed by atoms with van der Waals surface area (Å²) in [5, 5.41) is 23.3. The Balaban J connectivity index is 1.16. The number of ether oxygens (including phenoxy) is 5. The van der Waals surface area contributed by atoms with Crippen LogP contribution in [0, 0.1) is 17.8 Å². The number of carbonyl (C=O) groups is 7. The number of carbonyl (C=O) groups excluding carboxylic acids is 6. The number of nitrogens with zero attached hydrogens (tertiary/aromatic N) is 3. The molecule has 4 aliphatic heterocycles. The van der Waals surface area contributed by atoms with Crippen molar-refractivity contribution in [2.24, 2.45) is 17.8 Å². The fourth-order valence-electron chi connectivity index (χ4n) is 10.0. The molecule has 9 unspecified atom stereocenters. The second kappa shape index (κ2) is 22.0. The molecule has 1 aliphatic carbocycles. The van der Waals surface area contributed by atoms with E-state index in [-0.39, 0.29) is 60.9 Å². The number of nitrogens with one attached hydrogen (secondary N) is 1. The topological polar surface area (TPSA) is 231 Å². The lowest BCUT2D eigenvalue weighted by Crippen LogP contribution is -2.63. The molecule has 386 valence electrons. The van der Waals surface area contributed by atoms with Gasteiger partial charge in [0.1, 0.15) is 40.7 Å². The third-order valence-corrected chi connectivity index (χ3v) is 16.6. The molecule has 3 N–H and O–H groups in total. The van der Waals surface area contributed by atoms with Crippen LogP contribution in [0.5, 0.6) is 5.75 Å². The van der Waals surface area contributed by atoms with Gasteiger partial charge in [-0.15, -0.1) is 11.8 Å². The lowest BCUT2D eigenvalue weighted by molar-refractivity contribution is -0.162. The van der Waals surface area contributed by atoms with Crippen molar-refractivity contribution in [3.8, 4) is 5.75 Å². The van der Waals surface area contributed by atoms with Crippen molar-refractivity contribution < 1.29 is 67.5 Å². The van der Waals surface area contributed by atoms with Crippen molar-refractivity contribution in [1.82, 2.24) is 15.1 Å². The van der Waals surface area contributed by atoms with Crippen molar-refractivity contribution in [3.05, 3.63) is 46.5 Å². The van der Waals surface area contributed by atoms with E-state index in [9.17, 15) is 43.8 Å². The van der Waals surface area contributed by atoms with Crippen LogP contribution in [0.4, 0.5) is 10.5 Å². The molecule has 5 amide bonds. The maximum absolute atomic E-state index is 14.4. The number of esters is 1. The number of alkyl carbamates (subject to hydrolysis) is 1. The van der Waals surface area contributed by atoms with Crippen LogP contribution in [0.2, 0.25) is 5.02 Å². The first-order chi connectivity index (χ1) is 32.8. The summed E-state index contributed by atoms with van der Waals surface area (Å²) in [4.78, 5) is 97.2. The average molecular weight is 1020 g/mol. The van der Waals surface area contributed by atoms with E-state index in [1.165, 1.54) is 54.7 Å². The Morgan fingerprint density at radius 3 is 2.41 bits per heavy atom. The van der Waals surface area contributed by atoms with E-state index >= 15 is 0 Å². The number of likely N-dealkylation sites (N-methyl/N-ethyl adjacent to an activating group) is 1. The maximum Gasteiger partial charge on any atom is 0.409 e. The summed E-state index contributed by atoms with van der Waals surface area (Å²) in [7, 11) is 5.92. The zero-order chi connectivity index (χ0) is 51.6. The third-order valence-electron chi connectivity index (χ3n) is 14.8. The Morgan fingerprint density at radius 2 is 1.77 bits per heavy atom. The summed E-state index contributed by atoms with van der Waals surface area (Å²) < 4.78 is 28.9. The molecule has 9 atom stereocenters. The van der Waals surface area contributed by atoms with Crippen molar-refractivity contribution in [2.45, 2.75) is 158 Å². The number of anilines is 1. The Bertz CT molecular complexity index is 2270. The van der Waals surface area contributed by atoms with Crippen LogP contribution in [-0.2, 0) is 54.1 Å². The summed E-state index contributed by atoms with van der Waals surface area (Å²) in [5.74, 6) is -3.60. The number of carboxylic acids is 1. The molecule has 1 saturated carbocycles. The van der Waals surface area contributed by atoms with E-state index in [0.717, 1.165) is 11.1 Å². The van der Waals surface area contributed by atoms with E-state index < -0.39 is 87.6 Å². The van der Waals surface area contributed by atoms with Gasteiger partial charge in [-0.2, -0.15) is 0 Å². The van der Waals surface area contributed by atoms with Gasteiger partial charge in [0, 0.05) is 57.7 Å². The number of fused-ring (bicyclic) bond motifs is 5. The summed E-state index contributed by atoms with van der Waals surface area (Å²) in [6.07, 6.45) is 3.12. The average Bonchev–Trinajstić information content (AvgIpc) is 3.94. The smallest absolute Gasteiger partial charge is 0.409 e. The molecule has 18 nitrogen and oxygen atoms in total. The first-order valence-corrected chi connectivity index (χ1v) is 25.2. The summed E-state index contributed by atoms with van der Waals surface area (Å²) in [6.45, 7) is 11.0. The largest absolute Gasteiger partial charge is 0.495 e. The van der Waals surface area contributed by atoms with Crippen molar-refractivity contribution in [2.75, 3.05) is 39.8 Å². The third kappa shape index (κ3) is 12.3. The highest BCUT2D eigenvalue weighted by Gasteiger charge is 2.64. The summed E-state index contributed by atoms with van der Waals surface area (Å²) >= 11 is 8.16. The molecule has 6 rings (SSSR count). The van der Waals surface area contributed by atoms with E-state index in [2.05, 4.69) is 5.32 Å². The first kappa shape index (κ1) is 54.6. The summed E-state index contributed by atoms with van der Waals surface area (Å²) in [6, 6.07) is 2.43. The normalized spacial score (nSPS) is 32.4. The molecule has 4 fully saturated rings. The van der Waals surface area contributed by atoms with Gasteiger partial charge in [0.05, 0.1) is 36.5 Å². The predicted octanol–water partition coefficient (Wildman–Crippen LogP) is 5.83. The zero-order valence-corrected chi connectivity index (χ0v) is 43.4. The SMILES string of the molecule is COc1cc2cc(c1Cl)N(C)C(=O)CC(OC(=O)C(C)N(C)C(=O)CCC(C)(C)SC1CC(=O)N(CC3CCC(C(=O)O)CC3)C1=O)C1(C)OC1C(C)C1CC(O)(NC(=O)O1)C(OC)/C=C/C=C(\C)C2. The van der Waals surface area contributed by atoms with Gasteiger partial charge in [-0.25, -0.2) is 9.59 Å². The molecule has 1 aromatic rings. The fraction of sp³-hybridized carbons (Fsp3) is 0.660. The van der Waals surface area contributed by atoms with Crippen LogP contribution < -0.4 is 15.0 Å². The maximum atomic E-state index is 14.4. The molecule has 1 aromatic carbocycles. The van der Waals surface area contributed by atoms with Gasteiger partial charge in [0.15, 0.2) is 5.72 Å². The Labute approximate surface area is 419 Å². The van der Waals surface area contributed by atoms with Crippen LogP contribution in [0.3, 0.4) is 0 Å². The molecule has 4 heterocycles. The standard InChI is InChI=1S/C50H69ClN4O14S/c1-27-12-11-13-37(66-10)50(64)25-35(67-47(63)52-50)28(2)43-49(6,69-43)38(24-40(57)54(8)33-21-31(20-27)22-34(65-9)42(33)51)68-46(62)29(3)53(7)39(56)18-19-48(4,5)70-36-23-41(58)55(44(36)59)26-30-14-16-32(17-15-30)45(60)61/h11-13,21-22,28-30,32,35-38,43,64H,14-20,23-26H2,1-10H3,(H,52,63)(H,60,61)/b13-11+,27-12+. The molecular weight excluding hydrogens is 948 g/mol. The number of epoxide rings is 1. The second-order valence-corrected chi connectivity index (χ2v) is 22.7. The molecule has 4 bridgehead atoms. The van der Waals surface area contributed by atoms with Crippen LogP contribution in [0.15, 0.2) is 35.9 Å². The van der Waals surface area contributed by atoms with Gasteiger partial charge >= 0.3 is 18.0 Å². The van der Waals surface area contributed by atoms with E-state index in [4.69, 9.17) is 35.3 Å². The number of imide groups is 1. The number of thioether (sulfide) groups is 1. The van der Waals surface area contributed by atoms with Crippen LogP contribution in [0.1, 0.15) is 105 Å². The molecular formula is C50H69ClN4O14S. The fourth-order valence-corrected chi connectivity index (χ4v) is 11.8. The monoisotopic (exact) mass is 1020 g/mol. The van der Waals surface area contributed by atoms with Gasteiger partial charge in [0.25, 0.3) is 0 Å². The van der Waals surface area contributed by atoms with Gasteiger partial charge < -0.3 is 43.7 Å². The van der Waals surface area contributed by atoms with Crippen molar-refractivity contribution in [1.29, 1.82) is 0 Å². The number of likely N-dealkylation sites (tertiary alicyclic amines) is 1. The van der Waals surface area contributed by atoms with Crippen LogP contribution in [-0.4, -0.2) is 148 Å². The van der Waals surface area contributed by atoms with E-state index in [0.29, 0.717) is 50.0 Å². The first-order valence-electron chi connectivity index (χ1n) is 23.9. The number of rotatable bonds is 13. The Morgan fingerprint density at radius 1 is 1.09 bits per heavy atom. The lowest BCUT2D eigenvalue weighted by atomic mass is 9.82. The van der Waals surface area contributed by atoms with Crippen LogP contribution in [0.25, 0.3) is 0 Å². The Hall–Kier alpha value is -4.69. The lowest BCUT2D eigenvalue weighted by Gasteiger charge is -2.42. The number of methoxy groups -OCH3 is 2. The van der Waals surface area contributed by atoms with Crippen molar-refractivity contribution >= 4 is 70.7 Å². The number of allylic oxidation sites excluding steroid dienone is 3. The highest BCUT2D eigenvalue weighted by molar-refractivity contribution is 8.02. The highest BCUT2D eigenvalue weighted by atomic mass is 35.5. The zero-order valence-electron chi connectivity index (χ0n) is 41.8. The minimum Gasteiger partial charge on any atom is -0.495 e. The number of aliphatic carboxylic acids is 1. The minimum atomic E-state index is -1.88. The molecule has 5 aliphatic rings. The number of benzene rings is 1. The second-order valence-electron chi connectivity index (χ2n) is 20.4. The number of carboxylic acid groups (broad SMARTS) is 1. The predicted molar refractivity (Wildman–Crippen MR) is 260 cm³/mol. The van der Waals surface area contributed by atoms with E-state index in [1.54, 1.807) is 45.2 Å². The molecule has 70 heavy (non-hydrogen) atoms. The van der Waals surface area contributed by atoms with Gasteiger partial charge in [0.2, 0.25) is 23.6 Å². The van der Waals surface area contributed by atoms with Gasteiger partial charge in [-0.1, -0.05) is 56.2 Å². The highest BCUT2D eigenvalue weighted by Crippen LogP contribution is 2.49. The molecule has 20 heteroatoms. The van der Waals surface area contributed by atoms with Crippen molar-refractivity contribution in [3.63, 3.8) is 0 Å². The number of aliphatic hydroxyl groups is 1.